The summed E-state index contributed by atoms with van der Waals surface area (Å²) in [5.41, 5.74) is 0.946. The van der Waals surface area contributed by atoms with Gasteiger partial charge in [0.05, 0.1) is 6.04 Å². The van der Waals surface area contributed by atoms with Crippen molar-refractivity contribution in [2.45, 2.75) is 39.2 Å². The molecule has 0 aliphatic carbocycles. The van der Waals surface area contributed by atoms with Crippen LogP contribution in [0.1, 0.15) is 42.9 Å². The summed E-state index contributed by atoms with van der Waals surface area (Å²) >= 11 is 1.53. The third-order valence-corrected chi connectivity index (χ3v) is 3.58. The number of rotatable bonds is 7. The van der Waals surface area contributed by atoms with Gasteiger partial charge < -0.3 is 15.7 Å². The van der Waals surface area contributed by atoms with Gasteiger partial charge in [0.2, 0.25) is 0 Å². The lowest BCUT2D eigenvalue weighted by Gasteiger charge is -2.15. The highest BCUT2D eigenvalue weighted by Crippen LogP contribution is 2.20. The second-order valence-corrected chi connectivity index (χ2v) is 5.08. The molecule has 1 unspecified atom stereocenters. The summed E-state index contributed by atoms with van der Waals surface area (Å²) in [7, 11) is 0. The smallest absolute Gasteiger partial charge is 0.315 e. The van der Waals surface area contributed by atoms with E-state index in [1.165, 1.54) is 11.3 Å². The van der Waals surface area contributed by atoms with Crippen molar-refractivity contribution in [3.05, 3.63) is 16.1 Å². The van der Waals surface area contributed by atoms with Gasteiger partial charge >= 0.3 is 12.0 Å². The standard InChI is InChI=1S/C12H19N3O3S/c1-3-9(11-14-8(2)7-19-11)15-12(18)13-6-4-5-10(16)17/h7,9H,3-6H2,1-2H3,(H,16,17)(H2,13,15,18). The highest BCUT2D eigenvalue weighted by atomic mass is 32.1. The maximum atomic E-state index is 11.6. The van der Waals surface area contributed by atoms with Crippen LogP contribution in [0, 0.1) is 6.92 Å². The van der Waals surface area contributed by atoms with Gasteiger partial charge in [-0.2, -0.15) is 0 Å². The minimum atomic E-state index is -0.855. The molecular formula is C12H19N3O3S. The fraction of sp³-hybridized carbons (Fsp3) is 0.583. The van der Waals surface area contributed by atoms with E-state index in [9.17, 15) is 9.59 Å². The Bertz CT molecular complexity index is 434. The molecular weight excluding hydrogens is 266 g/mol. The second kappa shape index (κ2) is 7.73. The SMILES string of the molecule is CCC(NC(=O)NCCCC(=O)O)c1nc(C)cs1. The summed E-state index contributed by atoms with van der Waals surface area (Å²) in [5, 5.41) is 16.8. The lowest BCUT2D eigenvalue weighted by Crippen LogP contribution is -2.38. The van der Waals surface area contributed by atoms with Crippen molar-refractivity contribution in [3.8, 4) is 0 Å². The number of aromatic nitrogens is 1. The maximum Gasteiger partial charge on any atom is 0.315 e. The van der Waals surface area contributed by atoms with Gasteiger partial charge in [0, 0.05) is 24.0 Å². The van der Waals surface area contributed by atoms with Crippen LogP contribution in [0.4, 0.5) is 4.79 Å². The van der Waals surface area contributed by atoms with Crippen molar-refractivity contribution in [1.29, 1.82) is 0 Å². The van der Waals surface area contributed by atoms with Crippen molar-refractivity contribution < 1.29 is 14.7 Å². The molecule has 0 radical (unpaired) electrons. The molecule has 0 spiro atoms. The van der Waals surface area contributed by atoms with Crippen molar-refractivity contribution in [3.63, 3.8) is 0 Å². The van der Waals surface area contributed by atoms with E-state index in [-0.39, 0.29) is 18.5 Å². The molecule has 7 heteroatoms. The van der Waals surface area contributed by atoms with E-state index in [0.29, 0.717) is 13.0 Å². The van der Waals surface area contributed by atoms with Crippen LogP contribution in [0.15, 0.2) is 5.38 Å². The van der Waals surface area contributed by atoms with Crippen LogP contribution in [-0.2, 0) is 4.79 Å². The molecule has 0 saturated heterocycles. The summed E-state index contributed by atoms with van der Waals surface area (Å²) in [5.74, 6) is -0.855. The zero-order valence-electron chi connectivity index (χ0n) is 11.1. The molecule has 0 aliphatic rings. The maximum absolute atomic E-state index is 11.6. The second-order valence-electron chi connectivity index (χ2n) is 4.19. The number of nitrogens with one attached hydrogen (secondary N) is 2. The van der Waals surface area contributed by atoms with E-state index in [1.807, 2.05) is 19.2 Å². The minimum absolute atomic E-state index is 0.0587. The van der Waals surface area contributed by atoms with Gasteiger partial charge in [-0.1, -0.05) is 6.92 Å². The molecule has 1 atom stereocenters. The molecule has 0 fully saturated rings. The number of carboxylic acid groups (broad SMARTS) is 1. The number of carbonyl (C=O) groups is 2. The molecule has 0 aromatic carbocycles. The summed E-state index contributed by atoms with van der Waals surface area (Å²) in [6.07, 6.45) is 1.24. The first-order chi connectivity index (χ1) is 9.02. The van der Waals surface area contributed by atoms with E-state index < -0.39 is 5.97 Å². The summed E-state index contributed by atoms with van der Waals surface area (Å²) in [4.78, 5) is 26.3. The molecule has 0 bridgehead atoms. The number of nitrogens with zero attached hydrogens (tertiary/aromatic N) is 1. The predicted octanol–water partition coefficient (Wildman–Crippen LogP) is 2.07. The average Bonchev–Trinajstić information content (AvgIpc) is 2.78. The Morgan fingerprint density at radius 3 is 2.79 bits per heavy atom. The normalized spacial score (nSPS) is 11.9. The fourth-order valence-electron chi connectivity index (χ4n) is 1.52. The van der Waals surface area contributed by atoms with Crippen LogP contribution in [0.25, 0.3) is 0 Å². The Labute approximate surface area is 116 Å². The molecule has 0 aliphatic heterocycles. The Balaban J connectivity index is 2.35. The lowest BCUT2D eigenvalue weighted by molar-refractivity contribution is -0.137. The highest BCUT2D eigenvalue weighted by Gasteiger charge is 2.15. The van der Waals surface area contributed by atoms with Gasteiger partial charge in [-0.3, -0.25) is 4.79 Å². The first kappa shape index (κ1) is 15.4. The number of hydrogen-bond acceptors (Lipinski definition) is 4. The van der Waals surface area contributed by atoms with Crippen LogP contribution >= 0.6 is 11.3 Å². The molecule has 1 rings (SSSR count). The molecule has 0 saturated carbocycles. The molecule has 1 aromatic rings. The first-order valence-electron chi connectivity index (χ1n) is 6.21. The first-order valence-corrected chi connectivity index (χ1v) is 7.09. The Morgan fingerprint density at radius 2 is 2.26 bits per heavy atom. The third-order valence-electron chi connectivity index (χ3n) is 2.50. The van der Waals surface area contributed by atoms with Crippen molar-refractivity contribution >= 4 is 23.3 Å². The molecule has 1 heterocycles. The molecule has 19 heavy (non-hydrogen) atoms. The molecule has 3 N–H and O–H groups in total. The van der Waals surface area contributed by atoms with Gasteiger partial charge in [0.1, 0.15) is 5.01 Å². The third kappa shape index (κ3) is 5.69. The van der Waals surface area contributed by atoms with Gasteiger partial charge in [-0.15, -0.1) is 11.3 Å². The number of carboxylic acids is 1. The van der Waals surface area contributed by atoms with Gasteiger partial charge in [-0.05, 0) is 19.8 Å². The fourth-order valence-corrected chi connectivity index (χ4v) is 2.45. The Kier molecular flexibility index (Phi) is 6.27. The monoisotopic (exact) mass is 285 g/mol. The summed E-state index contributed by atoms with van der Waals surface area (Å²) in [6, 6.07) is -0.386. The number of hydrogen-bond donors (Lipinski definition) is 3. The van der Waals surface area contributed by atoms with Gasteiger partial charge in [-0.25, -0.2) is 9.78 Å². The zero-order chi connectivity index (χ0) is 14.3. The van der Waals surface area contributed by atoms with Crippen molar-refractivity contribution in [2.75, 3.05) is 6.54 Å². The summed E-state index contributed by atoms with van der Waals surface area (Å²) < 4.78 is 0. The van der Waals surface area contributed by atoms with Gasteiger partial charge in [0.25, 0.3) is 0 Å². The van der Waals surface area contributed by atoms with E-state index in [0.717, 1.165) is 17.1 Å². The van der Waals surface area contributed by atoms with E-state index in [2.05, 4.69) is 15.6 Å². The van der Waals surface area contributed by atoms with Crippen LogP contribution < -0.4 is 10.6 Å². The van der Waals surface area contributed by atoms with E-state index >= 15 is 0 Å². The van der Waals surface area contributed by atoms with E-state index in [4.69, 9.17) is 5.11 Å². The largest absolute Gasteiger partial charge is 0.481 e. The quantitative estimate of drug-likeness (QED) is 0.669. The molecule has 6 nitrogen and oxygen atoms in total. The highest BCUT2D eigenvalue weighted by molar-refractivity contribution is 7.09. The number of carbonyl (C=O) groups excluding carboxylic acids is 1. The van der Waals surface area contributed by atoms with Crippen LogP contribution in [0.2, 0.25) is 0 Å². The molecule has 2 amide bonds. The number of aliphatic carboxylic acids is 1. The predicted molar refractivity (Wildman–Crippen MR) is 73.3 cm³/mol. The van der Waals surface area contributed by atoms with Crippen LogP contribution in [-0.4, -0.2) is 28.6 Å². The molecule has 1 aromatic heterocycles. The lowest BCUT2D eigenvalue weighted by atomic mass is 10.2. The number of amides is 2. The van der Waals surface area contributed by atoms with Gasteiger partial charge in [0.15, 0.2) is 0 Å². The molecule has 106 valence electrons. The number of thiazole rings is 1. The Hall–Kier alpha value is -1.63. The average molecular weight is 285 g/mol. The Morgan fingerprint density at radius 1 is 1.53 bits per heavy atom. The van der Waals surface area contributed by atoms with Crippen LogP contribution in [0.3, 0.4) is 0 Å². The minimum Gasteiger partial charge on any atom is -0.481 e. The number of urea groups is 1. The van der Waals surface area contributed by atoms with Crippen LogP contribution in [0.5, 0.6) is 0 Å². The van der Waals surface area contributed by atoms with Crippen molar-refractivity contribution in [1.82, 2.24) is 15.6 Å². The van der Waals surface area contributed by atoms with Crippen molar-refractivity contribution in [2.24, 2.45) is 0 Å². The zero-order valence-corrected chi connectivity index (χ0v) is 11.9. The number of aryl methyl sites for hydroxylation is 1. The van der Waals surface area contributed by atoms with E-state index in [1.54, 1.807) is 0 Å². The topological polar surface area (TPSA) is 91.3 Å². The summed E-state index contributed by atoms with van der Waals surface area (Å²) in [6.45, 7) is 4.25.